The number of fused-ring (bicyclic) bond motifs is 1. The molecule has 1 aromatic heterocycles. The summed E-state index contributed by atoms with van der Waals surface area (Å²) in [6, 6.07) is 1.20. The first kappa shape index (κ1) is 14.1. The van der Waals surface area contributed by atoms with E-state index in [1.807, 2.05) is 0 Å². The van der Waals surface area contributed by atoms with E-state index in [1.165, 1.54) is 25.8 Å². The molecule has 6 heteroatoms. The van der Waals surface area contributed by atoms with Gasteiger partial charge in [-0.2, -0.15) is 0 Å². The summed E-state index contributed by atoms with van der Waals surface area (Å²) < 4.78 is 2.91. The lowest BCUT2D eigenvalue weighted by molar-refractivity contribution is 0.114. The zero-order valence-electron chi connectivity index (χ0n) is 12.5. The molecule has 1 N–H and O–H groups in total. The molecule has 2 aliphatic rings. The molecule has 0 aromatic carbocycles. The standard InChI is InChI=1S/C14H25N5S/c1-3-7-18-13(15-16-14(18)20)19-10-12-6-4-5-8-17(12)9-11(19)2/h11-12H,3-10H2,1-2H3,(H,16,20). The Morgan fingerprint density at radius 3 is 3.00 bits per heavy atom. The fraction of sp³-hybridized carbons (Fsp3) is 0.857. The Labute approximate surface area is 126 Å². The average Bonchev–Trinajstić information content (AvgIpc) is 2.80. The van der Waals surface area contributed by atoms with Crippen LogP contribution in [-0.4, -0.2) is 51.4 Å². The highest BCUT2D eigenvalue weighted by molar-refractivity contribution is 7.71. The van der Waals surface area contributed by atoms with Crippen LogP contribution in [0.25, 0.3) is 0 Å². The highest BCUT2D eigenvalue weighted by atomic mass is 32.1. The number of hydrogen-bond donors (Lipinski definition) is 1. The fourth-order valence-electron chi connectivity index (χ4n) is 3.58. The Morgan fingerprint density at radius 2 is 2.20 bits per heavy atom. The average molecular weight is 295 g/mol. The van der Waals surface area contributed by atoms with E-state index in [2.05, 4.69) is 38.4 Å². The molecule has 0 saturated carbocycles. The maximum Gasteiger partial charge on any atom is 0.226 e. The van der Waals surface area contributed by atoms with Gasteiger partial charge in [-0.25, -0.2) is 5.10 Å². The molecule has 2 atom stereocenters. The van der Waals surface area contributed by atoms with Gasteiger partial charge >= 0.3 is 0 Å². The summed E-state index contributed by atoms with van der Waals surface area (Å²) in [6.07, 6.45) is 5.13. The molecular formula is C14H25N5S. The number of nitrogens with one attached hydrogen (secondary N) is 1. The van der Waals surface area contributed by atoms with Gasteiger partial charge < -0.3 is 4.90 Å². The minimum absolute atomic E-state index is 0.505. The normalized spacial score (nSPS) is 27.6. The fourth-order valence-corrected chi connectivity index (χ4v) is 3.80. The van der Waals surface area contributed by atoms with Gasteiger partial charge in [0.2, 0.25) is 5.95 Å². The highest BCUT2D eigenvalue weighted by Crippen LogP contribution is 2.27. The van der Waals surface area contributed by atoms with Crippen LogP contribution < -0.4 is 4.90 Å². The van der Waals surface area contributed by atoms with E-state index in [0.717, 1.165) is 36.8 Å². The zero-order chi connectivity index (χ0) is 14.1. The van der Waals surface area contributed by atoms with Gasteiger partial charge in [0.25, 0.3) is 0 Å². The third-order valence-corrected chi connectivity index (χ3v) is 4.94. The molecule has 0 spiro atoms. The van der Waals surface area contributed by atoms with Crippen LogP contribution in [0.2, 0.25) is 0 Å². The summed E-state index contributed by atoms with van der Waals surface area (Å²) in [6.45, 7) is 8.94. The van der Waals surface area contributed by atoms with E-state index in [1.54, 1.807) is 0 Å². The number of anilines is 1. The smallest absolute Gasteiger partial charge is 0.226 e. The van der Waals surface area contributed by atoms with Crippen molar-refractivity contribution < 1.29 is 0 Å². The number of piperidine rings is 1. The molecule has 0 aliphatic carbocycles. The SMILES string of the molecule is CCCn1c(N2CC3CCCCN3CC2C)n[nH]c1=S. The molecule has 112 valence electrons. The number of piperazine rings is 1. The predicted octanol–water partition coefficient (Wildman–Crippen LogP) is 2.41. The van der Waals surface area contributed by atoms with E-state index < -0.39 is 0 Å². The quantitative estimate of drug-likeness (QED) is 0.869. The van der Waals surface area contributed by atoms with E-state index in [9.17, 15) is 0 Å². The van der Waals surface area contributed by atoms with Crippen molar-refractivity contribution >= 4 is 18.2 Å². The molecule has 0 radical (unpaired) electrons. The van der Waals surface area contributed by atoms with Crippen molar-refractivity contribution in [2.45, 2.75) is 58.2 Å². The van der Waals surface area contributed by atoms with Crippen LogP contribution in [0.1, 0.15) is 39.5 Å². The van der Waals surface area contributed by atoms with Crippen LogP contribution in [0.4, 0.5) is 5.95 Å². The van der Waals surface area contributed by atoms with Crippen LogP contribution in [0.15, 0.2) is 0 Å². The van der Waals surface area contributed by atoms with Crippen molar-refractivity contribution in [1.82, 2.24) is 19.7 Å². The molecule has 1 aromatic rings. The summed E-state index contributed by atoms with van der Waals surface area (Å²) in [4.78, 5) is 5.12. The summed E-state index contributed by atoms with van der Waals surface area (Å²) in [5.41, 5.74) is 0. The number of aromatic nitrogens is 3. The van der Waals surface area contributed by atoms with Gasteiger partial charge in [-0.05, 0) is 44.9 Å². The van der Waals surface area contributed by atoms with Crippen LogP contribution in [0.5, 0.6) is 0 Å². The molecule has 0 bridgehead atoms. The van der Waals surface area contributed by atoms with Crippen LogP contribution in [-0.2, 0) is 6.54 Å². The van der Waals surface area contributed by atoms with Gasteiger partial charge in [0.05, 0.1) is 0 Å². The number of rotatable bonds is 3. The lowest BCUT2D eigenvalue weighted by atomic mass is 9.97. The highest BCUT2D eigenvalue weighted by Gasteiger charge is 2.34. The van der Waals surface area contributed by atoms with E-state index in [-0.39, 0.29) is 0 Å². The molecule has 2 fully saturated rings. The minimum Gasteiger partial charge on any atom is -0.335 e. The second-order valence-electron chi connectivity index (χ2n) is 6.13. The van der Waals surface area contributed by atoms with Crippen LogP contribution in [0.3, 0.4) is 0 Å². The van der Waals surface area contributed by atoms with Crippen LogP contribution >= 0.6 is 12.2 Å². The Hall–Kier alpha value is -0.880. The summed E-state index contributed by atoms with van der Waals surface area (Å²) in [5.74, 6) is 1.04. The third kappa shape index (κ3) is 2.51. The first-order valence-electron chi connectivity index (χ1n) is 7.86. The monoisotopic (exact) mass is 295 g/mol. The second-order valence-corrected chi connectivity index (χ2v) is 6.51. The van der Waals surface area contributed by atoms with Gasteiger partial charge in [-0.3, -0.25) is 9.47 Å². The molecule has 0 amide bonds. The Morgan fingerprint density at radius 1 is 1.35 bits per heavy atom. The van der Waals surface area contributed by atoms with Crippen molar-refractivity contribution in [3.8, 4) is 0 Å². The van der Waals surface area contributed by atoms with Gasteiger partial charge in [0.1, 0.15) is 0 Å². The summed E-state index contributed by atoms with van der Waals surface area (Å²) in [5, 5.41) is 7.47. The number of H-pyrrole nitrogens is 1. The van der Waals surface area contributed by atoms with Crippen molar-refractivity contribution in [1.29, 1.82) is 0 Å². The van der Waals surface area contributed by atoms with Crippen LogP contribution in [0, 0.1) is 4.77 Å². The lowest BCUT2D eigenvalue weighted by Crippen LogP contribution is -2.59. The summed E-state index contributed by atoms with van der Waals surface area (Å²) >= 11 is 5.37. The first-order valence-corrected chi connectivity index (χ1v) is 8.27. The van der Waals surface area contributed by atoms with E-state index >= 15 is 0 Å². The Bertz CT molecular complexity index is 508. The van der Waals surface area contributed by atoms with E-state index in [4.69, 9.17) is 12.2 Å². The predicted molar refractivity (Wildman–Crippen MR) is 83.7 cm³/mol. The molecule has 3 rings (SSSR count). The van der Waals surface area contributed by atoms with Gasteiger partial charge in [-0.15, -0.1) is 5.10 Å². The molecule has 2 saturated heterocycles. The number of aromatic amines is 1. The van der Waals surface area contributed by atoms with E-state index in [0.29, 0.717) is 12.1 Å². The maximum absolute atomic E-state index is 5.37. The molecule has 5 nitrogen and oxygen atoms in total. The molecule has 2 unspecified atom stereocenters. The molecule has 2 aliphatic heterocycles. The van der Waals surface area contributed by atoms with Crippen molar-refractivity contribution in [3.05, 3.63) is 4.77 Å². The maximum atomic E-state index is 5.37. The van der Waals surface area contributed by atoms with Gasteiger partial charge in [-0.1, -0.05) is 13.3 Å². The van der Waals surface area contributed by atoms with Gasteiger partial charge in [0.15, 0.2) is 4.77 Å². The van der Waals surface area contributed by atoms with Crippen molar-refractivity contribution in [2.75, 3.05) is 24.5 Å². The third-order valence-electron chi connectivity index (χ3n) is 4.63. The first-order chi connectivity index (χ1) is 9.70. The Kier molecular flexibility index (Phi) is 4.12. The van der Waals surface area contributed by atoms with Gasteiger partial charge in [0, 0.05) is 31.7 Å². The molecule has 20 heavy (non-hydrogen) atoms. The lowest BCUT2D eigenvalue weighted by Gasteiger charge is -2.47. The zero-order valence-corrected chi connectivity index (χ0v) is 13.3. The van der Waals surface area contributed by atoms with Crippen molar-refractivity contribution in [3.63, 3.8) is 0 Å². The second kappa shape index (κ2) is 5.85. The van der Waals surface area contributed by atoms with Crippen molar-refractivity contribution in [2.24, 2.45) is 0 Å². The molecular weight excluding hydrogens is 270 g/mol. The number of hydrogen-bond acceptors (Lipinski definition) is 4. The molecule has 3 heterocycles. The largest absolute Gasteiger partial charge is 0.335 e. The Balaban J connectivity index is 1.84. The topological polar surface area (TPSA) is 40.1 Å². The minimum atomic E-state index is 0.505. The summed E-state index contributed by atoms with van der Waals surface area (Å²) in [7, 11) is 0. The number of nitrogens with zero attached hydrogens (tertiary/aromatic N) is 4.